The Labute approximate surface area is 133 Å². The molecule has 1 saturated heterocycles. The van der Waals surface area contributed by atoms with Crippen LogP contribution in [-0.2, 0) is 9.59 Å². The number of benzene rings is 1. The standard InChI is InChI=1S/C16H19BrN2O2/c17-11-6-8-13(9-7-11)19-15(20)10-14(16(19)21)18-12-4-2-1-3-5-12/h6-9,12,14,18H,1-5,10H2. The highest BCUT2D eigenvalue weighted by Crippen LogP contribution is 2.26. The average Bonchev–Trinajstić information content (AvgIpc) is 2.76. The lowest BCUT2D eigenvalue weighted by molar-refractivity contribution is -0.121. The lowest BCUT2D eigenvalue weighted by atomic mass is 9.95. The molecule has 1 unspecified atom stereocenters. The van der Waals surface area contributed by atoms with Crippen LogP contribution in [0, 0.1) is 0 Å². The highest BCUT2D eigenvalue weighted by molar-refractivity contribution is 9.10. The fourth-order valence-corrected chi connectivity index (χ4v) is 3.44. The maximum Gasteiger partial charge on any atom is 0.251 e. The van der Waals surface area contributed by atoms with Crippen LogP contribution in [0.15, 0.2) is 28.7 Å². The van der Waals surface area contributed by atoms with Gasteiger partial charge in [0, 0.05) is 10.5 Å². The summed E-state index contributed by atoms with van der Waals surface area (Å²) in [6.45, 7) is 0. The fraction of sp³-hybridized carbons (Fsp3) is 0.500. The van der Waals surface area contributed by atoms with E-state index >= 15 is 0 Å². The molecule has 5 heteroatoms. The van der Waals surface area contributed by atoms with E-state index in [1.54, 1.807) is 12.1 Å². The summed E-state index contributed by atoms with van der Waals surface area (Å²) >= 11 is 3.36. The van der Waals surface area contributed by atoms with Crippen LogP contribution in [0.5, 0.6) is 0 Å². The molecule has 0 spiro atoms. The Kier molecular flexibility index (Phi) is 4.40. The van der Waals surface area contributed by atoms with Gasteiger partial charge in [-0.25, -0.2) is 4.90 Å². The van der Waals surface area contributed by atoms with Gasteiger partial charge in [-0.05, 0) is 37.1 Å². The van der Waals surface area contributed by atoms with E-state index in [-0.39, 0.29) is 24.3 Å². The van der Waals surface area contributed by atoms with E-state index in [9.17, 15) is 9.59 Å². The zero-order valence-electron chi connectivity index (χ0n) is 11.8. The number of hydrogen-bond donors (Lipinski definition) is 1. The second-order valence-electron chi connectivity index (χ2n) is 5.80. The van der Waals surface area contributed by atoms with Gasteiger partial charge in [0.2, 0.25) is 5.91 Å². The van der Waals surface area contributed by atoms with Crippen LogP contribution in [0.25, 0.3) is 0 Å². The predicted molar refractivity (Wildman–Crippen MR) is 85.0 cm³/mol. The Balaban J connectivity index is 1.71. The number of hydrogen-bond acceptors (Lipinski definition) is 3. The predicted octanol–water partition coefficient (Wildman–Crippen LogP) is 3.00. The molecule has 2 aliphatic rings. The third kappa shape index (κ3) is 3.19. The van der Waals surface area contributed by atoms with Crippen LogP contribution in [0.1, 0.15) is 38.5 Å². The minimum absolute atomic E-state index is 0.115. The van der Waals surface area contributed by atoms with E-state index < -0.39 is 0 Å². The lowest BCUT2D eigenvalue weighted by Crippen LogP contribution is -2.44. The first-order valence-corrected chi connectivity index (χ1v) is 8.33. The summed E-state index contributed by atoms with van der Waals surface area (Å²) in [4.78, 5) is 26.0. The molecular formula is C16H19BrN2O2. The van der Waals surface area contributed by atoms with Crippen LogP contribution >= 0.6 is 15.9 Å². The Morgan fingerprint density at radius 2 is 1.71 bits per heavy atom. The summed E-state index contributed by atoms with van der Waals surface area (Å²) in [5.41, 5.74) is 0.654. The smallest absolute Gasteiger partial charge is 0.251 e. The van der Waals surface area contributed by atoms with Gasteiger partial charge in [-0.2, -0.15) is 0 Å². The Morgan fingerprint density at radius 3 is 2.38 bits per heavy atom. The van der Waals surface area contributed by atoms with Gasteiger partial charge in [-0.1, -0.05) is 35.2 Å². The van der Waals surface area contributed by atoms with Crippen molar-refractivity contribution in [1.82, 2.24) is 5.32 Å². The third-order valence-corrected chi connectivity index (χ3v) is 4.80. The summed E-state index contributed by atoms with van der Waals surface area (Å²) < 4.78 is 0.933. The molecule has 3 rings (SSSR count). The van der Waals surface area contributed by atoms with Gasteiger partial charge >= 0.3 is 0 Å². The summed E-state index contributed by atoms with van der Waals surface area (Å²) in [6.07, 6.45) is 6.19. The van der Waals surface area contributed by atoms with Crippen molar-refractivity contribution in [2.75, 3.05) is 4.90 Å². The molecule has 1 saturated carbocycles. The van der Waals surface area contributed by atoms with Crippen LogP contribution in [0.2, 0.25) is 0 Å². The third-order valence-electron chi connectivity index (χ3n) is 4.27. The van der Waals surface area contributed by atoms with Crippen LogP contribution < -0.4 is 10.2 Å². The van der Waals surface area contributed by atoms with Gasteiger partial charge in [-0.3, -0.25) is 9.59 Å². The fourth-order valence-electron chi connectivity index (χ4n) is 3.18. The second-order valence-corrected chi connectivity index (χ2v) is 6.72. The second kappa shape index (κ2) is 6.28. The van der Waals surface area contributed by atoms with Crippen molar-refractivity contribution in [3.63, 3.8) is 0 Å². The molecule has 112 valence electrons. The van der Waals surface area contributed by atoms with Gasteiger partial charge in [-0.15, -0.1) is 0 Å². The molecule has 0 radical (unpaired) electrons. The highest BCUT2D eigenvalue weighted by Gasteiger charge is 2.40. The number of carbonyl (C=O) groups is 2. The number of anilines is 1. The summed E-state index contributed by atoms with van der Waals surface area (Å²) in [7, 11) is 0. The molecule has 2 fully saturated rings. The highest BCUT2D eigenvalue weighted by atomic mass is 79.9. The molecule has 4 nitrogen and oxygen atoms in total. The largest absolute Gasteiger partial charge is 0.303 e. The summed E-state index contributed by atoms with van der Waals surface area (Å²) in [6, 6.07) is 7.30. The van der Waals surface area contributed by atoms with Gasteiger partial charge < -0.3 is 5.32 Å². The quantitative estimate of drug-likeness (QED) is 0.852. The minimum atomic E-state index is -0.357. The number of halogens is 1. The molecule has 1 aromatic rings. The van der Waals surface area contributed by atoms with Crippen molar-refractivity contribution in [3.8, 4) is 0 Å². The SMILES string of the molecule is O=C1CC(NC2CCCCC2)C(=O)N1c1ccc(Br)cc1. The molecule has 1 atom stereocenters. The normalized spacial score (nSPS) is 23.9. The topological polar surface area (TPSA) is 49.4 Å². The Morgan fingerprint density at radius 1 is 1.05 bits per heavy atom. The van der Waals surface area contributed by atoms with Crippen molar-refractivity contribution in [3.05, 3.63) is 28.7 Å². The van der Waals surface area contributed by atoms with E-state index in [4.69, 9.17) is 0 Å². The first-order chi connectivity index (χ1) is 10.1. The first kappa shape index (κ1) is 14.7. The molecule has 1 aromatic carbocycles. The monoisotopic (exact) mass is 350 g/mol. The van der Waals surface area contributed by atoms with E-state index in [0.717, 1.165) is 17.3 Å². The minimum Gasteiger partial charge on any atom is -0.303 e. The van der Waals surface area contributed by atoms with Crippen LogP contribution in [-0.4, -0.2) is 23.9 Å². The number of imide groups is 1. The molecular weight excluding hydrogens is 332 g/mol. The van der Waals surface area contributed by atoms with Gasteiger partial charge in [0.15, 0.2) is 0 Å². The van der Waals surface area contributed by atoms with E-state index in [2.05, 4.69) is 21.2 Å². The molecule has 1 aliphatic carbocycles. The summed E-state index contributed by atoms with van der Waals surface area (Å²) in [5, 5.41) is 3.39. The number of nitrogens with one attached hydrogen (secondary N) is 1. The average molecular weight is 351 g/mol. The van der Waals surface area contributed by atoms with Crippen molar-refractivity contribution in [1.29, 1.82) is 0 Å². The lowest BCUT2D eigenvalue weighted by Gasteiger charge is -2.25. The molecule has 0 bridgehead atoms. The Bertz CT molecular complexity index is 538. The number of carbonyl (C=O) groups excluding carboxylic acids is 2. The van der Waals surface area contributed by atoms with Gasteiger partial charge in [0.05, 0.1) is 18.2 Å². The molecule has 0 aromatic heterocycles. The van der Waals surface area contributed by atoms with Gasteiger partial charge in [0.25, 0.3) is 5.91 Å². The molecule has 21 heavy (non-hydrogen) atoms. The van der Waals surface area contributed by atoms with Crippen LogP contribution in [0.4, 0.5) is 5.69 Å². The zero-order chi connectivity index (χ0) is 14.8. The van der Waals surface area contributed by atoms with Crippen molar-refractivity contribution in [2.24, 2.45) is 0 Å². The van der Waals surface area contributed by atoms with Crippen molar-refractivity contribution in [2.45, 2.75) is 50.6 Å². The first-order valence-electron chi connectivity index (χ1n) is 7.53. The van der Waals surface area contributed by atoms with E-state index in [1.165, 1.54) is 24.2 Å². The van der Waals surface area contributed by atoms with Crippen molar-refractivity contribution < 1.29 is 9.59 Å². The number of rotatable bonds is 3. The Hall–Kier alpha value is -1.20. The van der Waals surface area contributed by atoms with E-state index in [1.807, 2.05) is 12.1 Å². The molecule has 1 N–H and O–H groups in total. The molecule has 1 aliphatic heterocycles. The maximum atomic E-state index is 12.5. The number of nitrogens with zero attached hydrogens (tertiary/aromatic N) is 1. The zero-order valence-corrected chi connectivity index (χ0v) is 13.4. The molecule has 1 heterocycles. The molecule has 2 amide bonds. The summed E-state index contributed by atoms with van der Waals surface area (Å²) in [5.74, 6) is -0.233. The maximum absolute atomic E-state index is 12.5. The van der Waals surface area contributed by atoms with E-state index in [0.29, 0.717) is 11.7 Å². The van der Waals surface area contributed by atoms with Gasteiger partial charge in [0.1, 0.15) is 0 Å². The number of amides is 2. The van der Waals surface area contributed by atoms with Crippen molar-refractivity contribution >= 4 is 33.4 Å². The van der Waals surface area contributed by atoms with Crippen LogP contribution in [0.3, 0.4) is 0 Å².